The van der Waals surface area contributed by atoms with Crippen molar-refractivity contribution in [3.8, 4) is 0 Å². The van der Waals surface area contributed by atoms with Crippen molar-refractivity contribution in [1.82, 2.24) is 15.1 Å². The zero-order valence-corrected chi connectivity index (χ0v) is 13.5. The lowest BCUT2D eigenvalue weighted by molar-refractivity contribution is -0.115. The zero-order chi connectivity index (χ0) is 16.1. The van der Waals surface area contributed by atoms with Gasteiger partial charge in [-0.05, 0) is 23.8 Å². The summed E-state index contributed by atoms with van der Waals surface area (Å²) in [6, 6.07) is 7.41. The number of H-pyrrole nitrogens is 1. The molecule has 122 valence electrons. The van der Waals surface area contributed by atoms with E-state index in [9.17, 15) is 4.79 Å². The Balaban J connectivity index is 1.58. The van der Waals surface area contributed by atoms with Crippen LogP contribution < -0.4 is 5.32 Å². The van der Waals surface area contributed by atoms with Crippen LogP contribution in [0.4, 0.5) is 5.69 Å². The van der Waals surface area contributed by atoms with Gasteiger partial charge in [-0.25, -0.2) is 0 Å². The largest absolute Gasteiger partial charge is 0.379 e. The van der Waals surface area contributed by atoms with Gasteiger partial charge in [0.2, 0.25) is 5.91 Å². The van der Waals surface area contributed by atoms with E-state index in [0.29, 0.717) is 10.7 Å². The molecule has 1 amide bonds. The number of carbonyl (C=O) groups excluding carboxylic acids is 1. The van der Waals surface area contributed by atoms with Crippen LogP contribution in [0.1, 0.15) is 11.3 Å². The van der Waals surface area contributed by atoms with Gasteiger partial charge < -0.3 is 10.1 Å². The second kappa shape index (κ2) is 7.59. The van der Waals surface area contributed by atoms with E-state index < -0.39 is 0 Å². The number of hydrogen-bond acceptors (Lipinski definition) is 4. The van der Waals surface area contributed by atoms with E-state index in [0.717, 1.165) is 44.1 Å². The number of anilines is 1. The summed E-state index contributed by atoms with van der Waals surface area (Å²) in [5.41, 5.74) is 2.53. The van der Waals surface area contributed by atoms with Crippen molar-refractivity contribution in [2.45, 2.75) is 13.0 Å². The highest BCUT2D eigenvalue weighted by atomic mass is 35.5. The van der Waals surface area contributed by atoms with Gasteiger partial charge in [-0.3, -0.25) is 14.8 Å². The Labute approximate surface area is 139 Å². The van der Waals surface area contributed by atoms with Crippen LogP contribution in [0.25, 0.3) is 0 Å². The number of aromatic amines is 1. The fourth-order valence-corrected chi connectivity index (χ4v) is 2.76. The monoisotopic (exact) mass is 334 g/mol. The van der Waals surface area contributed by atoms with Gasteiger partial charge in [0.1, 0.15) is 0 Å². The second-order valence-electron chi connectivity index (χ2n) is 5.50. The van der Waals surface area contributed by atoms with Crippen LogP contribution in [-0.4, -0.2) is 47.3 Å². The Bertz CT molecular complexity index is 654. The molecule has 1 fully saturated rings. The molecule has 1 saturated heterocycles. The molecule has 0 aliphatic carbocycles. The molecule has 1 aliphatic heterocycles. The lowest BCUT2D eigenvalue weighted by atomic mass is 10.1. The first kappa shape index (κ1) is 16.0. The van der Waals surface area contributed by atoms with Gasteiger partial charge in [-0.15, -0.1) is 0 Å². The molecule has 3 rings (SSSR count). The standard InChI is InChI=1S/C16H19ClN4O2/c17-15-9-13(19-16(22)10-14-3-4-18-20-14)2-1-12(15)11-21-5-7-23-8-6-21/h1-4,9H,5-8,10-11H2,(H,18,20)(H,19,22). The summed E-state index contributed by atoms with van der Waals surface area (Å²) >= 11 is 6.35. The molecule has 6 nitrogen and oxygen atoms in total. The van der Waals surface area contributed by atoms with Crippen LogP contribution in [-0.2, 0) is 22.5 Å². The van der Waals surface area contributed by atoms with Crippen molar-refractivity contribution in [3.05, 3.63) is 46.7 Å². The minimum Gasteiger partial charge on any atom is -0.379 e. The van der Waals surface area contributed by atoms with Gasteiger partial charge in [0, 0.05) is 42.2 Å². The highest BCUT2D eigenvalue weighted by Gasteiger charge is 2.13. The molecule has 7 heteroatoms. The number of halogens is 1. The lowest BCUT2D eigenvalue weighted by Crippen LogP contribution is -2.35. The molecule has 0 radical (unpaired) electrons. The molecule has 0 spiro atoms. The second-order valence-corrected chi connectivity index (χ2v) is 5.91. The molecule has 1 aromatic carbocycles. The molecule has 2 heterocycles. The number of aromatic nitrogens is 2. The minimum atomic E-state index is -0.105. The number of morpholine rings is 1. The molecular formula is C16H19ClN4O2. The van der Waals surface area contributed by atoms with E-state index >= 15 is 0 Å². The molecule has 0 bridgehead atoms. The third-order valence-corrected chi connectivity index (χ3v) is 4.10. The summed E-state index contributed by atoms with van der Waals surface area (Å²) < 4.78 is 5.34. The quantitative estimate of drug-likeness (QED) is 0.878. The molecule has 2 aromatic rings. The van der Waals surface area contributed by atoms with Crippen LogP contribution in [0.5, 0.6) is 0 Å². The predicted molar refractivity (Wildman–Crippen MR) is 88.5 cm³/mol. The zero-order valence-electron chi connectivity index (χ0n) is 12.7. The summed E-state index contributed by atoms with van der Waals surface area (Å²) in [5.74, 6) is -0.105. The van der Waals surface area contributed by atoms with Gasteiger partial charge in [-0.2, -0.15) is 5.10 Å². The summed E-state index contributed by atoms with van der Waals surface area (Å²) in [6.07, 6.45) is 1.88. The average molecular weight is 335 g/mol. The topological polar surface area (TPSA) is 70.2 Å². The number of benzene rings is 1. The third kappa shape index (κ3) is 4.54. The van der Waals surface area contributed by atoms with Gasteiger partial charge >= 0.3 is 0 Å². The first-order chi connectivity index (χ1) is 11.2. The van der Waals surface area contributed by atoms with E-state index in [1.165, 1.54) is 0 Å². The number of nitrogens with zero attached hydrogens (tertiary/aromatic N) is 2. The van der Waals surface area contributed by atoms with Gasteiger partial charge in [0.05, 0.1) is 19.6 Å². The molecule has 1 aliphatic rings. The summed E-state index contributed by atoms with van der Waals surface area (Å²) in [5, 5.41) is 10.1. The van der Waals surface area contributed by atoms with Crippen molar-refractivity contribution < 1.29 is 9.53 Å². The maximum atomic E-state index is 12.0. The van der Waals surface area contributed by atoms with Crippen LogP contribution in [0.15, 0.2) is 30.5 Å². The molecule has 0 saturated carbocycles. The summed E-state index contributed by atoms with van der Waals surface area (Å²) in [4.78, 5) is 14.3. The highest BCUT2D eigenvalue weighted by Crippen LogP contribution is 2.23. The minimum absolute atomic E-state index is 0.105. The molecule has 23 heavy (non-hydrogen) atoms. The first-order valence-corrected chi connectivity index (χ1v) is 7.95. The molecule has 0 unspecified atom stereocenters. The Morgan fingerprint density at radius 3 is 2.87 bits per heavy atom. The Kier molecular flexibility index (Phi) is 5.27. The van der Waals surface area contributed by atoms with E-state index in [4.69, 9.17) is 16.3 Å². The highest BCUT2D eigenvalue weighted by molar-refractivity contribution is 6.31. The van der Waals surface area contributed by atoms with E-state index in [1.54, 1.807) is 18.3 Å². The molecule has 1 aromatic heterocycles. The third-order valence-electron chi connectivity index (χ3n) is 3.74. The van der Waals surface area contributed by atoms with Crippen molar-refractivity contribution in [2.75, 3.05) is 31.6 Å². The first-order valence-electron chi connectivity index (χ1n) is 7.57. The number of nitrogens with one attached hydrogen (secondary N) is 2. The fraction of sp³-hybridized carbons (Fsp3) is 0.375. The predicted octanol–water partition coefficient (Wildman–Crippen LogP) is 2.08. The molecular weight excluding hydrogens is 316 g/mol. The summed E-state index contributed by atoms with van der Waals surface area (Å²) in [6.45, 7) is 4.15. The Morgan fingerprint density at radius 2 is 2.17 bits per heavy atom. The smallest absolute Gasteiger partial charge is 0.230 e. The maximum Gasteiger partial charge on any atom is 0.230 e. The van der Waals surface area contributed by atoms with Crippen LogP contribution in [0.3, 0.4) is 0 Å². The van der Waals surface area contributed by atoms with Crippen LogP contribution in [0.2, 0.25) is 5.02 Å². The normalized spacial score (nSPS) is 15.5. The van der Waals surface area contributed by atoms with Crippen molar-refractivity contribution in [3.63, 3.8) is 0 Å². The summed E-state index contributed by atoms with van der Waals surface area (Å²) in [7, 11) is 0. The molecule has 0 atom stereocenters. The number of hydrogen-bond donors (Lipinski definition) is 2. The number of amides is 1. The number of rotatable bonds is 5. The molecule has 2 N–H and O–H groups in total. The SMILES string of the molecule is O=C(Cc1ccn[nH]1)Nc1ccc(CN2CCOCC2)c(Cl)c1. The van der Waals surface area contributed by atoms with Crippen molar-refractivity contribution >= 4 is 23.2 Å². The van der Waals surface area contributed by atoms with Gasteiger partial charge in [0.25, 0.3) is 0 Å². The number of carbonyl (C=O) groups is 1. The average Bonchev–Trinajstić information content (AvgIpc) is 3.04. The van der Waals surface area contributed by atoms with Gasteiger partial charge in [-0.1, -0.05) is 17.7 Å². The fourth-order valence-electron chi connectivity index (χ4n) is 2.51. The maximum absolute atomic E-state index is 12.0. The Hall–Kier alpha value is -1.89. The van der Waals surface area contributed by atoms with Crippen molar-refractivity contribution in [2.24, 2.45) is 0 Å². The van der Waals surface area contributed by atoms with Crippen LogP contribution in [0, 0.1) is 0 Å². The number of ether oxygens (including phenoxy) is 1. The lowest BCUT2D eigenvalue weighted by Gasteiger charge is -2.27. The van der Waals surface area contributed by atoms with Gasteiger partial charge in [0.15, 0.2) is 0 Å². The van der Waals surface area contributed by atoms with E-state index in [-0.39, 0.29) is 12.3 Å². The van der Waals surface area contributed by atoms with E-state index in [2.05, 4.69) is 20.4 Å². The van der Waals surface area contributed by atoms with Crippen molar-refractivity contribution in [1.29, 1.82) is 0 Å². The van der Waals surface area contributed by atoms with E-state index in [1.807, 2.05) is 12.1 Å². The van der Waals surface area contributed by atoms with Crippen LogP contribution >= 0.6 is 11.6 Å². The Morgan fingerprint density at radius 1 is 1.35 bits per heavy atom.